The van der Waals surface area contributed by atoms with E-state index < -0.39 is 17.8 Å². The third-order valence-corrected chi connectivity index (χ3v) is 1.68. The summed E-state index contributed by atoms with van der Waals surface area (Å²) in [7, 11) is 0. The minimum atomic E-state index is -4.90. The number of nitrogen functional groups attached to an aromatic ring is 1. The fourth-order valence-electron chi connectivity index (χ4n) is 1.02. The molecule has 0 saturated carbocycles. The van der Waals surface area contributed by atoms with Crippen LogP contribution in [0.3, 0.4) is 0 Å². The maximum absolute atomic E-state index is 12.1. The van der Waals surface area contributed by atoms with Crippen molar-refractivity contribution in [1.29, 1.82) is 5.26 Å². The van der Waals surface area contributed by atoms with Crippen LogP contribution in [0.2, 0.25) is 0 Å². The van der Waals surface area contributed by atoms with Crippen molar-refractivity contribution in [3.05, 3.63) is 17.5 Å². The molecule has 0 atom stereocenters. The standard InChI is InChI=1S/C8H7F3N4O/c9-8(10,11)16-7-4(1-12)3-15-5(2-13)6(7)14/h3H,1,12,14H2. The van der Waals surface area contributed by atoms with Crippen LogP contribution >= 0.6 is 0 Å². The summed E-state index contributed by atoms with van der Waals surface area (Å²) >= 11 is 0. The Morgan fingerprint density at radius 3 is 2.56 bits per heavy atom. The van der Waals surface area contributed by atoms with E-state index in [9.17, 15) is 13.2 Å². The minimum Gasteiger partial charge on any atom is -0.403 e. The first-order valence-electron chi connectivity index (χ1n) is 4.02. The number of halogens is 3. The number of pyridine rings is 1. The van der Waals surface area contributed by atoms with Gasteiger partial charge in [0.05, 0.1) is 0 Å². The van der Waals surface area contributed by atoms with E-state index in [1.165, 1.54) is 0 Å². The van der Waals surface area contributed by atoms with Gasteiger partial charge in [0.1, 0.15) is 11.8 Å². The van der Waals surface area contributed by atoms with Crippen LogP contribution in [0, 0.1) is 11.3 Å². The van der Waals surface area contributed by atoms with Gasteiger partial charge in [-0.05, 0) is 0 Å². The number of alkyl halides is 3. The third-order valence-electron chi connectivity index (χ3n) is 1.68. The molecule has 0 aliphatic heterocycles. The highest BCUT2D eigenvalue weighted by atomic mass is 19.4. The van der Waals surface area contributed by atoms with Crippen molar-refractivity contribution in [2.24, 2.45) is 5.73 Å². The van der Waals surface area contributed by atoms with Gasteiger partial charge < -0.3 is 16.2 Å². The lowest BCUT2D eigenvalue weighted by Gasteiger charge is -2.14. The molecule has 0 aliphatic carbocycles. The molecule has 0 fully saturated rings. The first-order valence-corrected chi connectivity index (χ1v) is 4.02. The molecular weight excluding hydrogens is 225 g/mol. The van der Waals surface area contributed by atoms with Gasteiger partial charge in [0.15, 0.2) is 11.4 Å². The predicted octanol–water partition coefficient (Wildman–Crippen LogP) is 0.893. The van der Waals surface area contributed by atoms with Crippen LogP contribution in [-0.2, 0) is 6.54 Å². The second-order valence-corrected chi connectivity index (χ2v) is 2.74. The number of anilines is 1. The van der Waals surface area contributed by atoms with Crippen molar-refractivity contribution in [2.75, 3.05) is 5.73 Å². The largest absolute Gasteiger partial charge is 0.573 e. The summed E-state index contributed by atoms with van der Waals surface area (Å²) in [4.78, 5) is 3.54. The quantitative estimate of drug-likeness (QED) is 0.789. The lowest BCUT2D eigenvalue weighted by molar-refractivity contribution is -0.274. The maximum atomic E-state index is 12.1. The van der Waals surface area contributed by atoms with Crippen LogP contribution in [0.25, 0.3) is 0 Å². The highest BCUT2D eigenvalue weighted by Crippen LogP contribution is 2.32. The van der Waals surface area contributed by atoms with E-state index in [1.54, 1.807) is 6.07 Å². The molecule has 1 aromatic heterocycles. The van der Waals surface area contributed by atoms with E-state index in [4.69, 9.17) is 16.7 Å². The molecule has 1 rings (SSSR count). The van der Waals surface area contributed by atoms with Crippen molar-refractivity contribution in [2.45, 2.75) is 12.9 Å². The van der Waals surface area contributed by atoms with E-state index >= 15 is 0 Å². The molecule has 1 heterocycles. The Morgan fingerprint density at radius 1 is 1.50 bits per heavy atom. The predicted molar refractivity (Wildman–Crippen MR) is 47.9 cm³/mol. The molecule has 5 nitrogen and oxygen atoms in total. The molecule has 0 amide bonds. The summed E-state index contributed by atoms with van der Waals surface area (Å²) in [5.74, 6) is -0.665. The number of ether oxygens (including phenoxy) is 1. The molecule has 4 N–H and O–H groups in total. The van der Waals surface area contributed by atoms with Gasteiger partial charge in [-0.15, -0.1) is 13.2 Å². The number of rotatable bonds is 2. The number of nitrogens with two attached hydrogens (primary N) is 2. The van der Waals surface area contributed by atoms with Crippen LogP contribution in [0.4, 0.5) is 18.9 Å². The van der Waals surface area contributed by atoms with Crippen molar-refractivity contribution >= 4 is 5.69 Å². The number of nitrogens with zero attached hydrogens (tertiary/aromatic N) is 2. The smallest absolute Gasteiger partial charge is 0.403 e. The zero-order valence-corrected chi connectivity index (χ0v) is 7.88. The molecular formula is C8H7F3N4O. The molecule has 0 saturated heterocycles. The number of aromatic nitrogens is 1. The fourth-order valence-corrected chi connectivity index (χ4v) is 1.02. The Labute approximate surface area is 88.4 Å². The van der Waals surface area contributed by atoms with Gasteiger partial charge in [0, 0.05) is 18.3 Å². The van der Waals surface area contributed by atoms with Crippen molar-refractivity contribution in [3.63, 3.8) is 0 Å². The summed E-state index contributed by atoms with van der Waals surface area (Å²) in [5.41, 5.74) is 9.69. The maximum Gasteiger partial charge on any atom is 0.573 e. The Bertz CT molecular complexity index is 438. The second-order valence-electron chi connectivity index (χ2n) is 2.74. The third kappa shape index (κ3) is 2.52. The zero-order valence-electron chi connectivity index (χ0n) is 7.88. The van der Waals surface area contributed by atoms with Gasteiger partial charge in [0.25, 0.3) is 0 Å². The molecule has 0 bridgehead atoms. The van der Waals surface area contributed by atoms with Gasteiger partial charge in [-0.3, -0.25) is 0 Å². The molecule has 0 unspecified atom stereocenters. The van der Waals surface area contributed by atoms with Crippen molar-refractivity contribution in [1.82, 2.24) is 4.98 Å². The van der Waals surface area contributed by atoms with Gasteiger partial charge in [-0.2, -0.15) is 5.26 Å². The lowest BCUT2D eigenvalue weighted by atomic mass is 10.2. The Hall–Kier alpha value is -2.01. The average Bonchev–Trinajstić information content (AvgIpc) is 2.19. The molecule has 1 aromatic rings. The molecule has 0 aliphatic rings. The van der Waals surface area contributed by atoms with E-state index in [1.807, 2.05) is 0 Å². The molecule has 0 aromatic carbocycles. The van der Waals surface area contributed by atoms with E-state index in [0.717, 1.165) is 6.20 Å². The monoisotopic (exact) mass is 232 g/mol. The van der Waals surface area contributed by atoms with Gasteiger partial charge in [0.2, 0.25) is 0 Å². The molecule has 16 heavy (non-hydrogen) atoms. The number of hydrogen-bond acceptors (Lipinski definition) is 5. The van der Waals surface area contributed by atoms with Gasteiger partial charge in [-0.1, -0.05) is 0 Å². The van der Waals surface area contributed by atoms with Crippen LogP contribution < -0.4 is 16.2 Å². The van der Waals surface area contributed by atoms with Crippen LogP contribution in [0.5, 0.6) is 5.75 Å². The van der Waals surface area contributed by atoms with Crippen LogP contribution in [0.15, 0.2) is 6.20 Å². The molecule has 0 spiro atoms. The highest BCUT2D eigenvalue weighted by Gasteiger charge is 2.33. The van der Waals surface area contributed by atoms with E-state index in [2.05, 4.69) is 9.72 Å². The molecule has 8 heteroatoms. The van der Waals surface area contributed by atoms with Crippen LogP contribution in [0.1, 0.15) is 11.3 Å². The van der Waals surface area contributed by atoms with Gasteiger partial charge >= 0.3 is 6.36 Å². The Balaban J connectivity index is 3.28. The zero-order chi connectivity index (χ0) is 12.3. The summed E-state index contributed by atoms with van der Waals surface area (Å²) in [6.07, 6.45) is -3.87. The first kappa shape index (κ1) is 12.1. The average molecular weight is 232 g/mol. The number of hydrogen-bond donors (Lipinski definition) is 2. The molecule has 0 radical (unpaired) electrons. The summed E-state index contributed by atoms with van der Waals surface area (Å²) in [6.45, 7) is -0.228. The summed E-state index contributed by atoms with van der Waals surface area (Å²) < 4.78 is 39.9. The first-order chi connectivity index (χ1) is 7.39. The highest BCUT2D eigenvalue weighted by molar-refractivity contribution is 5.63. The van der Waals surface area contributed by atoms with Crippen LogP contribution in [-0.4, -0.2) is 11.3 Å². The Morgan fingerprint density at radius 2 is 2.12 bits per heavy atom. The summed E-state index contributed by atoms with van der Waals surface area (Å²) in [5, 5.41) is 8.54. The number of nitriles is 1. The van der Waals surface area contributed by atoms with Crippen molar-refractivity contribution in [3.8, 4) is 11.8 Å². The molecule has 86 valence electrons. The van der Waals surface area contributed by atoms with Crippen molar-refractivity contribution < 1.29 is 17.9 Å². The second kappa shape index (κ2) is 4.24. The van der Waals surface area contributed by atoms with E-state index in [-0.39, 0.29) is 17.8 Å². The SMILES string of the molecule is N#Cc1ncc(CN)c(OC(F)(F)F)c1N. The minimum absolute atomic E-state index is 0.0196. The normalized spacial score (nSPS) is 10.9. The lowest BCUT2D eigenvalue weighted by Crippen LogP contribution is -2.20. The van der Waals surface area contributed by atoms with E-state index in [0.29, 0.717) is 0 Å². The summed E-state index contributed by atoms with van der Waals surface area (Å²) in [6, 6.07) is 1.55. The Kier molecular flexibility index (Phi) is 3.20. The van der Waals surface area contributed by atoms with Gasteiger partial charge in [-0.25, -0.2) is 4.98 Å². The fraction of sp³-hybridized carbons (Fsp3) is 0.250. The topological polar surface area (TPSA) is 98.0 Å².